The number of aromatic nitrogens is 2. The molecule has 0 aliphatic rings. The van der Waals surface area contributed by atoms with E-state index in [1.165, 1.54) is 0 Å². The Kier molecular flexibility index (Phi) is 4.72. The molecule has 2 aromatic carbocycles. The number of hydrogen-bond donors (Lipinski definition) is 1. The van der Waals surface area contributed by atoms with Gasteiger partial charge in [-0.1, -0.05) is 55.3 Å². The maximum atomic E-state index is 12.7. The molecule has 0 spiro atoms. The van der Waals surface area contributed by atoms with Gasteiger partial charge in [0.2, 0.25) is 0 Å². The van der Waals surface area contributed by atoms with E-state index >= 15 is 0 Å². The van der Waals surface area contributed by atoms with Gasteiger partial charge in [-0.15, -0.1) is 0 Å². The van der Waals surface area contributed by atoms with Gasteiger partial charge in [0, 0.05) is 17.7 Å². The third-order valence-electron chi connectivity index (χ3n) is 3.87. The van der Waals surface area contributed by atoms with Crippen LogP contribution in [0.4, 0.5) is 25.2 Å². The summed E-state index contributed by atoms with van der Waals surface area (Å²) in [4.78, 5) is 2.00. The highest BCUT2D eigenvalue weighted by Gasteiger charge is 2.65. The van der Waals surface area contributed by atoms with Crippen molar-refractivity contribution in [3.8, 4) is 6.07 Å². The normalized spacial score (nSPS) is 14.4. The second kappa shape index (κ2) is 6.57. The van der Waals surface area contributed by atoms with Gasteiger partial charge in [-0.3, -0.25) is 5.10 Å². The van der Waals surface area contributed by atoms with E-state index < -0.39 is 15.1 Å². The number of halogens is 6. The van der Waals surface area contributed by atoms with Gasteiger partial charge in [0.15, 0.2) is 5.82 Å². The Morgan fingerprint density at radius 3 is 2.38 bits per heavy atom. The molecule has 0 fully saturated rings. The van der Waals surface area contributed by atoms with E-state index in [0.717, 1.165) is 23.9 Å². The molecule has 3 aromatic rings. The molecule has 0 aliphatic heterocycles. The number of benzene rings is 2. The molecule has 0 unspecified atom stereocenters. The summed E-state index contributed by atoms with van der Waals surface area (Å²) in [5.74, 6) is 0.0290. The van der Waals surface area contributed by atoms with Crippen molar-refractivity contribution in [1.82, 2.24) is 10.2 Å². The van der Waals surface area contributed by atoms with Crippen molar-refractivity contribution in [2.75, 3.05) is 0 Å². The molecule has 0 atom stereocenters. The number of aliphatic imine (C=N–C) groups is 1. The fourth-order valence-electron chi connectivity index (χ4n) is 2.50. The summed E-state index contributed by atoms with van der Waals surface area (Å²) in [6.07, 6.45) is 1.47. The summed E-state index contributed by atoms with van der Waals surface area (Å²) in [7, 11) is -9.72. The zero-order valence-electron chi connectivity index (χ0n) is 14.4. The third kappa shape index (κ3) is 5.13. The van der Waals surface area contributed by atoms with Gasteiger partial charge >= 0.3 is 10.2 Å². The van der Waals surface area contributed by atoms with Crippen molar-refractivity contribution in [3.05, 3.63) is 75.9 Å². The van der Waals surface area contributed by atoms with E-state index in [4.69, 9.17) is 11.6 Å². The average molecular weight is 447 g/mol. The molecule has 4 nitrogen and oxygen atoms in total. The second-order valence-corrected chi connectivity index (χ2v) is 8.96. The number of aromatic amines is 1. The summed E-state index contributed by atoms with van der Waals surface area (Å²) in [6.45, 7) is 0. The van der Waals surface area contributed by atoms with Crippen LogP contribution in [0.15, 0.2) is 58.4 Å². The predicted octanol–water partition coefficient (Wildman–Crippen LogP) is 6.93. The first-order valence-electron chi connectivity index (χ1n) is 7.96. The Bertz CT molecular complexity index is 1130. The largest absolute Gasteiger partial charge is 0.310 e. The molecule has 0 aliphatic carbocycles. The van der Waals surface area contributed by atoms with E-state index in [0.29, 0.717) is 29.3 Å². The molecule has 0 bridgehead atoms. The standard InChI is InChI=1S/C18H12ClF5N4S/c19-14-3-1-2-13(8-14)9-17-16(10-25)18(28-27-17)26-11-12-4-6-15(7-5-12)29(20,21,22,23)24/h1-8,11H,9H2,(H,27,28). The van der Waals surface area contributed by atoms with Gasteiger partial charge in [-0.25, -0.2) is 4.99 Å². The minimum absolute atomic E-state index is 0.0290. The summed E-state index contributed by atoms with van der Waals surface area (Å²) in [5.41, 5.74) is 1.61. The van der Waals surface area contributed by atoms with Crippen LogP contribution in [-0.4, -0.2) is 16.4 Å². The summed E-state index contributed by atoms with van der Waals surface area (Å²) >= 11 is 5.93. The molecule has 0 saturated carbocycles. The molecule has 3 rings (SSSR count). The highest BCUT2D eigenvalue weighted by atomic mass is 35.5. The van der Waals surface area contributed by atoms with Crippen LogP contribution >= 0.6 is 21.8 Å². The van der Waals surface area contributed by atoms with Crippen LogP contribution in [-0.2, 0) is 6.42 Å². The average Bonchev–Trinajstić information content (AvgIpc) is 3.00. The number of hydrogen-bond acceptors (Lipinski definition) is 3. The van der Waals surface area contributed by atoms with Crippen molar-refractivity contribution in [1.29, 1.82) is 5.26 Å². The Morgan fingerprint density at radius 1 is 1.10 bits per heavy atom. The highest BCUT2D eigenvalue weighted by molar-refractivity contribution is 8.45. The highest BCUT2D eigenvalue weighted by Crippen LogP contribution is 3.02. The lowest BCUT2D eigenvalue weighted by molar-refractivity contribution is 0.364. The van der Waals surface area contributed by atoms with E-state index in [2.05, 4.69) is 15.2 Å². The van der Waals surface area contributed by atoms with Crippen LogP contribution in [0.1, 0.15) is 22.4 Å². The first kappa shape index (κ1) is 20.8. The smallest absolute Gasteiger partial charge is 0.279 e. The Hall–Kier alpha value is -2.90. The number of H-pyrrole nitrogens is 1. The molecule has 11 heteroatoms. The summed E-state index contributed by atoms with van der Waals surface area (Å²) < 4.78 is 63.7. The van der Waals surface area contributed by atoms with E-state index in [1.54, 1.807) is 18.2 Å². The fourth-order valence-corrected chi connectivity index (χ4v) is 3.37. The Morgan fingerprint density at radius 2 is 1.79 bits per heavy atom. The summed E-state index contributed by atoms with van der Waals surface area (Å²) in [6, 6.07) is 11.3. The molecular weight excluding hydrogens is 435 g/mol. The first-order chi connectivity index (χ1) is 13.4. The zero-order valence-corrected chi connectivity index (χ0v) is 16.0. The predicted molar refractivity (Wildman–Crippen MR) is 103 cm³/mol. The summed E-state index contributed by atoms with van der Waals surface area (Å²) in [5, 5.41) is 16.5. The topological polar surface area (TPSA) is 64.8 Å². The van der Waals surface area contributed by atoms with Crippen LogP contribution in [0.3, 0.4) is 0 Å². The van der Waals surface area contributed by atoms with E-state index in [9.17, 15) is 24.7 Å². The lowest BCUT2D eigenvalue weighted by Crippen LogP contribution is -2.05. The van der Waals surface area contributed by atoms with Crippen molar-refractivity contribution in [3.63, 3.8) is 0 Å². The van der Waals surface area contributed by atoms with Crippen LogP contribution in [0.5, 0.6) is 0 Å². The van der Waals surface area contributed by atoms with Crippen molar-refractivity contribution >= 4 is 33.9 Å². The molecule has 0 radical (unpaired) electrons. The molecule has 1 aromatic heterocycles. The van der Waals surface area contributed by atoms with Gasteiger partial charge < -0.3 is 0 Å². The molecule has 1 N–H and O–H groups in total. The van der Waals surface area contributed by atoms with Crippen LogP contribution in [0, 0.1) is 11.3 Å². The Balaban J connectivity index is 1.83. The van der Waals surface area contributed by atoms with Gasteiger partial charge in [-0.2, -0.15) is 10.4 Å². The number of nitriles is 1. The van der Waals surface area contributed by atoms with Gasteiger partial charge in [0.1, 0.15) is 16.5 Å². The number of nitrogens with zero attached hydrogens (tertiary/aromatic N) is 3. The minimum atomic E-state index is -9.72. The van der Waals surface area contributed by atoms with E-state index in [-0.39, 0.29) is 16.9 Å². The molecular formula is C18H12ClF5N4S. The maximum Gasteiger partial charge on any atom is 0.310 e. The third-order valence-corrected chi connectivity index (χ3v) is 5.26. The lowest BCUT2D eigenvalue weighted by atomic mass is 10.1. The lowest BCUT2D eigenvalue weighted by Gasteiger charge is -2.40. The quantitative estimate of drug-likeness (QED) is 0.341. The fraction of sp³-hybridized carbons (Fsp3) is 0.0556. The Labute approximate surface area is 167 Å². The maximum absolute atomic E-state index is 12.7. The van der Waals surface area contributed by atoms with Crippen LogP contribution in [0.25, 0.3) is 0 Å². The minimum Gasteiger partial charge on any atom is -0.279 e. The van der Waals surface area contributed by atoms with Gasteiger partial charge in [0.05, 0.1) is 5.69 Å². The van der Waals surface area contributed by atoms with Crippen molar-refractivity contribution < 1.29 is 19.4 Å². The first-order valence-corrected chi connectivity index (χ1v) is 10.3. The molecule has 29 heavy (non-hydrogen) atoms. The van der Waals surface area contributed by atoms with Crippen LogP contribution in [0.2, 0.25) is 5.02 Å². The van der Waals surface area contributed by atoms with E-state index in [1.807, 2.05) is 12.1 Å². The van der Waals surface area contributed by atoms with Crippen molar-refractivity contribution in [2.45, 2.75) is 11.3 Å². The monoisotopic (exact) mass is 446 g/mol. The molecule has 0 amide bonds. The zero-order chi connectivity index (χ0) is 21.3. The number of rotatable bonds is 5. The number of nitrogens with one attached hydrogen (secondary N) is 1. The van der Waals surface area contributed by atoms with Gasteiger partial charge in [0.25, 0.3) is 0 Å². The molecule has 152 valence electrons. The molecule has 1 heterocycles. The SMILES string of the molecule is N#Cc1c(N=Cc2ccc(S(F)(F)(F)(F)F)cc2)n[nH]c1Cc1cccc(Cl)c1. The molecule has 0 saturated heterocycles. The van der Waals surface area contributed by atoms with Crippen molar-refractivity contribution in [2.24, 2.45) is 4.99 Å². The van der Waals surface area contributed by atoms with Gasteiger partial charge in [-0.05, 0) is 35.4 Å². The van der Waals surface area contributed by atoms with Crippen LogP contribution < -0.4 is 0 Å². The second-order valence-electron chi connectivity index (χ2n) is 6.12.